The van der Waals surface area contributed by atoms with Crippen molar-refractivity contribution in [2.75, 3.05) is 0 Å². The number of rotatable bonds is 6. The molecule has 2 aromatic heterocycles. The number of hydrogen-bond acceptors (Lipinski definition) is 4. The first-order valence-corrected chi connectivity index (χ1v) is 7.26. The molecule has 0 atom stereocenters. The van der Waals surface area contributed by atoms with E-state index in [1.54, 1.807) is 0 Å². The summed E-state index contributed by atoms with van der Waals surface area (Å²) in [5, 5.41) is 7.90. The highest BCUT2D eigenvalue weighted by atomic mass is 15.4. The van der Waals surface area contributed by atoms with Crippen LogP contribution in [0.25, 0.3) is 5.95 Å². The average molecular weight is 273 g/mol. The third kappa shape index (κ3) is 3.42. The Bertz CT molecular complexity index is 542. The molecular weight excluding hydrogens is 250 g/mol. The second-order valence-electron chi connectivity index (χ2n) is 5.17. The molecule has 5 nitrogen and oxygen atoms in total. The molecule has 5 heteroatoms. The van der Waals surface area contributed by atoms with Crippen LogP contribution in [0.4, 0.5) is 0 Å². The Morgan fingerprint density at radius 2 is 1.85 bits per heavy atom. The van der Waals surface area contributed by atoms with E-state index in [0.29, 0.717) is 12.0 Å². The van der Waals surface area contributed by atoms with Crippen molar-refractivity contribution >= 4 is 0 Å². The predicted octanol–water partition coefficient (Wildman–Crippen LogP) is 2.29. The molecule has 0 aliphatic rings. The number of aromatic nitrogens is 4. The largest absolute Gasteiger partial charge is 0.310 e. The van der Waals surface area contributed by atoms with Gasteiger partial charge in [0.15, 0.2) is 0 Å². The molecule has 2 rings (SSSR count). The fourth-order valence-electron chi connectivity index (χ4n) is 1.94. The van der Waals surface area contributed by atoms with E-state index < -0.39 is 0 Å². The minimum absolute atomic E-state index is 0.458. The molecule has 0 saturated heterocycles. The summed E-state index contributed by atoms with van der Waals surface area (Å²) in [4.78, 5) is 8.86. The summed E-state index contributed by atoms with van der Waals surface area (Å²) in [5.74, 6) is 0.648. The van der Waals surface area contributed by atoms with E-state index >= 15 is 0 Å². The average Bonchev–Trinajstić information content (AvgIpc) is 2.89. The first-order chi connectivity index (χ1) is 9.63. The number of nitrogens with one attached hydrogen (secondary N) is 1. The van der Waals surface area contributed by atoms with Crippen molar-refractivity contribution < 1.29 is 0 Å². The van der Waals surface area contributed by atoms with Gasteiger partial charge in [-0.3, -0.25) is 0 Å². The minimum atomic E-state index is 0.458. The lowest BCUT2D eigenvalue weighted by Gasteiger charge is -2.08. The fraction of sp³-hybridized carbons (Fsp3) is 0.533. The summed E-state index contributed by atoms with van der Waals surface area (Å²) < 4.78 is 1.85. The maximum absolute atomic E-state index is 4.55. The highest BCUT2D eigenvalue weighted by Gasteiger charge is 2.09. The van der Waals surface area contributed by atoms with Crippen LogP contribution in [-0.2, 0) is 19.4 Å². The highest BCUT2D eigenvalue weighted by molar-refractivity contribution is 5.21. The molecule has 108 valence electrons. The van der Waals surface area contributed by atoms with Crippen LogP contribution in [0.2, 0.25) is 0 Å². The van der Waals surface area contributed by atoms with Crippen LogP contribution in [0.1, 0.15) is 44.6 Å². The van der Waals surface area contributed by atoms with E-state index in [1.807, 2.05) is 17.1 Å². The van der Waals surface area contributed by atoms with E-state index in [9.17, 15) is 0 Å². The predicted molar refractivity (Wildman–Crippen MR) is 79.9 cm³/mol. The Hall–Kier alpha value is -1.75. The van der Waals surface area contributed by atoms with Gasteiger partial charge in [0, 0.05) is 36.2 Å². The Kier molecular flexibility index (Phi) is 4.84. The Balaban J connectivity index is 2.19. The topological polar surface area (TPSA) is 55.6 Å². The van der Waals surface area contributed by atoms with Gasteiger partial charge in [-0.2, -0.15) is 5.10 Å². The molecule has 2 heterocycles. The van der Waals surface area contributed by atoms with Gasteiger partial charge in [-0.15, -0.1) is 0 Å². The molecule has 20 heavy (non-hydrogen) atoms. The van der Waals surface area contributed by atoms with Crippen molar-refractivity contribution in [3.8, 4) is 5.95 Å². The molecule has 0 fully saturated rings. The first-order valence-electron chi connectivity index (χ1n) is 7.26. The fourth-order valence-corrected chi connectivity index (χ4v) is 1.94. The smallest absolute Gasteiger partial charge is 0.250 e. The van der Waals surface area contributed by atoms with Crippen LogP contribution in [0.5, 0.6) is 0 Å². The molecule has 2 aromatic rings. The molecule has 0 unspecified atom stereocenters. The molecule has 0 bridgehead atoms. The number of hydrogen-bond donors (Lipinski definition) is 1. The molecule has 0 aliphatic carbocycles. The van der Waals surface area contributed by atoms with Crippen LogP contribution < -0.4 is 5.32 Å². The molecule has 0 radical (unpaired) electrons. The Morgan fingerprint density at radius 3 is 2.40 bits per heavy atom. The zero-order chi connectivity index (χ0) is 14.5. The molecule has 0 aliphatic heterocycles. The summed E-state index contributed by atoms with van der Waals surface area (Å²) in [7, 11) is 0. The van der Waals surface area contributed by atoms with E-state index in [-0.39, 0.29) is 0 Å². The van der Waals surface area contributed by atoms with Crippen molar-refractivity contribution in [3.63, 3.8) is 0 Å². The van der Waals surface area contributed by atoms with Crippen molar-refractivity contribution in [2.45, 2.75) is 53.1 Å². The van der Waals surface area contributed by atoms with E-state index in [0.717, 1.165) is 36.3 Å². The normalized spacial score (nSPS) is 11.2. The molecule has 0 aromatic carbocycles. The summed E-state index contributed by atoms with van der Waals surface area (Å²) >= 11 is 0. The van der Waals surface area contributed by atoms with Gasteiger partial charge in [-0.05, 0) is 18.9 Å². The lowest BCUT2D eigenvalue weighted by Crippen LogP contribution is -2.22. The van der Waals surface area contributed by atoms with Gasteiger partial charge in [0.05, 0.1) is 5.69 Å². The van der Waals surface area contributed by atoms with Gasteiger partial charge < -0.3 is 5.32 Å². The molecule has 0 amide bonds. The summed E-state index contributed by atoms with van der Waals surface area (Å²) in [5.41, 5.74) is 3.31. The quantitative estimate of drug-likeness (QED) is 0.877. The van der Waals surface area contributed by atoms with Crippen molar-refractivity contribution in [1.29, 1.82) is 0 Å². The van der Waals surface area contributed by atoms with Crippen molar-refractivity contribution in [2.24, 2.45) is 0 Å². The van der Waals surface area contributed by atoms with Crippen LogP contribution in [0.15, 0.2) is 18.5 Å². The number of aryl methyl sites for hydroxylation is 2. The van der Waals surface area contributed by atoms with Gasteiger partial charge in [-0.25, -0.2) is 14.6 Å². The Morgan fingerprint density at radius 1 is 1.15 bits per heavy atom. The van der Waals surface area contributed by atoms with Gasteiger partial charge in [-0.1, -0.05) is 27.7 Å². The standard InChI is InChI=1S/C15H23N5/c1-5-13-7-14(6-2)20(19-13)15-17-9-12(10-18-15)8-16-11(3)4/h7,9-11,16H,5-6,8H2,1-4H3. The van der Waals surface area contributed by atoms with Crippen LogP contribution in [0, 0.1) is 0 Å². The molecular formula is C15H23N5. The second kappa shape index (κ2) is 6.61. The second-order valence-corrected chi connectivity index (χ2v) is 5.17. The summed E-state index contributed by atoms with van der Waals surface area (Å²) in [6.07, 6.45) is 5.58. The van der Waals surface area contributed by atoms with Crippen molar-refractivity contribution in [3.05, 3.63) is 35.4 Å². The highest BCUT2D eigenvalue weighted by Crippen LogP contribution is 2.10. The van der Waals surface area contributed by atoms with Gasteiger partial charge in [0.1, 0.15) is 0 Å². The maximum Gasteiger partial charge on any atom is 0.250 e. The van der Waals surface area contributed by atoms with Gasteiger partial charge >= 0.3 is 0 Å². The lowest BCUT2D eigenvalue weighted by molar-refractivity contribution is 0.586. The van der Waals surface area contributed by atoms with Gasteiger partial charge in [0.25, 0.3) is 5.95 Å². The molecule has 0 saturated carbocycles. The third-order valence-corrected chi connectivity index (χ3v) is 3.15. The molecule has 1 N–H and O–H groups in total. The van der Waals surface area contributed by atoms with E-state index in [1.165, 1.54) is 0 Å². The zero-order valence-electron chi connectivity index (χ0n) is 12.7. The van der Waals surface area contributed by atoms with Crippen LogP contribution >= 0.6 is 0 Å². The summed E-state index contributed by atoms with van der Waals surface area (Å²) in [6, 6.07) is 2.58. The minimum Gasteiger partial charge on any atom is -0.310 e. The maximum atomic E-state index is 4.55. The Labute approximate surface area is 120 Å². The van der Waals surface area contributed by atoms with E-state index in [4.69, 9.17) is 0 Å². The van der Waals surface area contributed by atoms with Crippen LogP contribution in [0.3, 0.4) is 0 Å². The lowest BCUT2D eigenvalue weighted by atomic mass is 10.3. The summed E-state index contributed by atoms with van der Waals surface area (Å²) in [6.45, 7) is 9.26. The first kappa shape index (κ1) is 14.7. The zero-order valence-corrected chi connectivity index (χ0v) is 12.7. The van der Waals surface area contributed by atoms with E-state index in [2.05, 4.69) is 54.1 Å². The molecule has 0 spiro atoms. The SMILES string of the molecule is CCc1cc(CC)n(-c2ncc(CNC(C)C)cn2)n1. The van der Waals surface area contributed by atoms with Crippen LogP contribution in [-0.4, -0.2) is 25.8 Å². The van der Waals surface area contributed by atoms with Crippen molar-refractivity contribution in [1.82, 2.24) is 25.1 Å². The monoisotopic (exact) mass is 273 g/mol. The third-order valence-electron chi connectivity index (χ3n) is 3.15. The number of nitrogens with zero attached hydrogens (tertiary/aromatic N) is 4. The van der Waals surface area contributed by atoms with Gasteiger partial charge in [0.2, 0.25) is 0 Å².